The number of fused-ring (bicyclic) bond motifs is 2. The molecule has 27 heavy (non-hydrogen) atoms. The monoisotopic (exact) mass is 376 g/mol. The minimum absolute atomic E-state index is 0.349. The largest absolute Gasteiger partial charge is 0.323 e. The fourth-order valence-electron chi connectivity index (χ4n) is 4.21. The highest BCUT2D eigenvalue weighted by molar-refractivity contribution is 5.90. The van der Waals surface area contributed by atoms with E-state index < -0.39 is 0 Å². The number of hydrogen-bond acceptors (Lipinski definition) is 6. The van der Waals surface area contributed by atoms with Crippen molar-refractivity contribution in [3.8, 4) is 6.07 Å². The van der Waals surface area contributed by atoms with Crippen molar-refractivity contribution >= 4 is 11.4 Å². The van der Waals surface area contributed by atoms with Gasteiger partial charge >= 0.3 is 5.54 Å². The van der Waals surface area contributed by atoms with Gasteiger partial charge in [-0.3, -0.25) is 9.89 Å². The molecule has 0 spiro atoms. The van der Waals surface area contributed by atoms with Gasteiger partial charge in [0.25, 0.3) is 6.07 Å². The Morgan fingerprint density at radius 2 is 2.19 bits per heavy atom. The summed E-state index contributed by atoms with van der Waals surface area (Å²) in [5, 5.41) is 11.8. The van der Waals surface area contributed by atoms with Crippen LogP contribution in [0.5, 0.6) is 0 Å². The first kappa shape index (κ1) is 22.0. The Kier molecular flexibility index (Phi) is 8.36. The van der Waals surface area contributed by atoms with Gasteiger partial charge in [0.2, 0.25) is 0 Å². The Morgan fingerprint density at radius 3 is 2.89 bits per heavy atom. The number of nitrogens with one attached hydrogen (secondary N) is 2. The van der Waals surface area contributed by atoms with Crippen molar-refractivity contribution in [2.45, 2.75) is 63.5 Å². The summed E-state index contributed by atoms with van der Waals surface area (Å²) in [5.41, 5.74) is 13.9. The normalized spacial score (nSPS) is 31.4. The van der Waals surface area contributed by atoms with Gasteiger partial charge in [-0.1, -0.05) is 11.8 Å². The summed E-state index contributed by atoms with van der Waals surface area (Å²) in [6.07, 6.45) is 5.33. The minimum atomic E-state index is -0.363. The molecule has 0 saturated carbocycles. The van der Waals surface area contributed by atoms with Crippen LogP contribution >= 0.6 is 0 Å². The van der Waals surface area contributed by atoms with E-state index in [9.17, 15) is 0 Å². The van der Waals surface area contributed by atoms with Gasteiger partial charge in [0.15, 0.2) is 0 Å². The molecule has 2 aliphatic heterocycles. The summed E-state index contributed by atoms with van der Waals surface area (Å²) in [5.74, 6) is 0. The highest BCUT2D eigenvalue weighted by atomic mass is 15.2. The second-order valence-electron chi connectivity index (χ2n) is 8.27. The molecule has 0 aromatic heterocycles. The lowest BCUT2D eigenvalue weighted by molar-refractivity contribution is 0.225. The maximum Gasteiger partial charge on any atom is 0.317 e. The third-order valence-corrected chi connectivity index (χ3v) is 5.52. The van der Waals surface area contributed by atoms with Gasteiger partial charge in [-0.25, -0.2) is 0 Å². The first-order valence-corrected chi connectivity index (χ1v) is 10.3. The molecule has 0 aliphatic carbocycles. The highest BCUT2D eigenvalue weighted by Crippen LogP contribution is 2.24. The molecule has 2 unspecified atom stereocenters. The van der Waals surface area contributed by atoms with Gasteiger partial charge in [-0.05, 0) is 38.8 Å². The van der Waals surface area contributed by atoms with E-state index in [1.54, 1.807) is 0 Å². The Morgan fingerprint density at radius 1 is 1.37 bits per heavy atom. The van der Waals surface area contributed by atoms with Crippen molar-refractivity contribution in [3.63, 3.8) is 0 Å². The molecule has 152 valence electrons. The maximum absolute atomic E-state index is 8.31. The van der Waals surface area contributed by atoms with Crippen LogP contribution in [0.3, 0.4) is 0 Å². The van der Waals surface area contributed by atoms with Crippen LogP contribution in [0.25, 0.3) is 4.85 Å². The van der Waals surface area contributed by atoms with E-state index in [0.29, 0.717) is 38.2 Å². The zero-order valence-corrected chi connectivity index (χ0v) is 17.2. The molecular weight excluding hydrogens is 338 g/mol. The van der Waals surface area contributed by atoms with Crippen LogP contribution in [-0.2, 0) is 0 Å². The van der Waals surface area contributed by atoms with Crippen LogP contribution < -0.4 is 16.8 Å². The summed E-state index contributed by atoms with van der Waals surface area (Å²) in [6, 6.07) is 2.97. The van der Waals surface area contributed by atoms with E-state index in [4.69, 9.17) is 21.9 Å². The van der Waals surface area contributed by atoms with Gasteiger partial charge in [-0.2, -0.15) is 0 Å². The number of nitrogens with zero attached hydrogens (tertiary/aromatic N) is 3. The average Bonchev–Trinajstić information content (AvgIpc) is 2.98. The summed E-state index contributed by atoms with van der Waals surface area (Å²) < 4.78 is 0. The number of aliphatic imine (C=N–C) groups is 1. The molecule has 2 aliphatic rings. The molecule has 0 radical (unpaired) electrons. The molecule has 2 bridgehead atoms. The fraction of sp³-hybridized carbons (Fsp3) is 0.850. The molecule has 2 heterocycles. The molecule has 1 saturated heterocycles. The predicted octanol–water partition coefficient (Wildman–Crippen LogP) is 1.47. The van der Waals surface area contributed by atoms with E-state index in [1.807, 2.05) is 6.92 Å². The highest BCUT2D eigenvalue weighted by Gasteiger charge is 2.41. The lowest BCUT2D eigenvalue weighted by Crippen LogP contribution is -2.53. The summed E-state index contributed by atoms with van der Waals surface area (Å²) in [6.45, 7) is 9.53. The van der Waals surface area contributed by atoms with Gasteiger partial charge < -0.3 is 22.2 Å². The standard InChI is InChI=1S/C20H38N7/c1-3-9-27-10-5-6-18-12-19(23,14-25-18)11-17(22)7-8-24-15-20(13-21,16-27)26-4-2/h22,24H,3,5-16,21,23H2,1-2H3/q+1. The quantitative estimate of drug-likeness (QED) is 0.598. The van der Waals surface area contributed by atoms with Crippen molar-refractivity contribution in [1.29, 1.82) is 5.41 Å². The number of nitrogens with two attached hydrogens (primary N) is 2. The van der Waals surface area contributed by atoms with Crippen molar-refractivity contribution in [2.75, 3.05) is 45.8 Å². The van der Waals surface area contributed by atoms with Crippen LogP contribution in [0, 0.1) is 11.5 Å². The van der Waals surface area contributed by atoms with Crippen LogP contribution in [0.15, 0.2) is 4.99 Å². The van der Waals surface area contributed by atoms with Gasteiger partial charge in [0.1, 0.15) is 0 Å². The predicted molar refractivity (Wildman–Crippen MR) is 114 cm³/mol. The zero-order chi connectivity index (χ0) is 19.8. The maximum atomic E-state index is 8.31. The molecule has 7 heteroatoms. The third-order valence-electron chi connectivity index (χ3n) is 5.52. The Balaban J connectivity index is 2.14. The molecule has 1 fully saturated rings. The second kappa shape index (κ2) is 10.3. The Hall–Kier alpha value is -1.33. The van der Waals surface area contributed by atoms with Gasteiger partial charge in [0.05, 0.1) is 33.1 Å². The molecule has 0 aromatic rings. The van der Waals surface area contributed by atoms with Gasteiger partial charge in [-0.15, -0.1) is 0 Å². The molecule has 2 rings (SSSR count). The van der Waals surface area contributed by atoms with Crippen molar-refractivity contribution in [2.24, 2.45) is 16.5 Å². The Bertz CT molecular complexity index is 591. The molecule has 0 amide bonds. The van der Waals surface area contributed by atoms with E-state index in [1.165, 1.54) is 5.71 Å². The van der Waals surface area contributed by atoms with E-state index >= 15 is 0 Å². The van der Waals surface area contributed by atoms with E-state index in [2.05, 4.69) is 28.1 Å². The molecule has 0 aromatic carbocycles. The average molecular weight is 377 g/mol. The topological polar surface area (TPSA) is 108 Å². The molecule has 2 atom stereocenters. The molecule has 6 N–H and O–H groups in total. The minimum Gasteiger partial charge on any atom is -0.323 e. The Labute approximate surface area is 164 Å². The van der Waals surface area contributed by atoms with Crippen LogP contribution in [0.4, 0.5) is 0 Å². The number of hydrogen-bond donors (Lipinski definition) is 4. The van der Waals surface area contributed by atoms with Crippen molar-refractivity contribution in [1.82, 2.24) is 10.2 Å². The van der Waals surface area contributed by atoms with Crippen LogP contribution in [0.2, 0.25) is 0 Å². The van der Waals surface area contributed by atoms with Crippen molar-refractivity contribution in [3.05, 3.63) is 4.85 Å². The molecule has 7 nitrogen and oxygen atoms in total. The fourth-order valence-corrected chi connectivity index (χ4v) is 4.21. The SMILES string of the molecule is CC#[N+]C1(CN)CNCCC(=N)CC2(N)CN=C(CCCN(CCC)C1)C2. The first-order chi connectivity index (χ1) is 12.9. The van der Waals surface area contributed by atoms with Crippen LogP contribution in [-0.4, -0.2) is 73.2 Å². The van der Waals surface area contributed by atoms with E-state index in [0.717, 1.165) is 51.9 Å². The summed E-state index contributed by atoms with van der Waals surface area (Å²) >= 11 is 0. The lowest BCUT2D eigenvalue weighted by atomic mass is 9.89. The summed E-state index contributed by atoms with van der Waals surface area (Å²) in [7, 11) is 0. The van der Waals surface area contributed by atoms with Crippen LogP contribution in [0.1, 0.15) is 52.4 Å². The third kappa shape index (κ3) is 6.65. The smallest absolute Gasteiger partial charge is 0.317 e. The van der Waals surface area contributed by atoms with Gasteiger partial charge in [0, 0.05) is 36.3 Å². The van der Waals surface area contributed by atoms with E-state index in [-0.39, 0.29) is 11.1 Å². The zero-order valence-electron chi connectivity index (χ0n) is 17.2. The molecular formula is C20H38N7+. The second-order valence-corrected chi connectivity index (χ2v) is 8.27. The number of rotatable bonds is 3. The summed E-state index contributed by atoms with van der Waals surface area (Å²) in [4.78, 5) is 11.8. The first-order valence-electron chi connectivity index (χ1n) is 10.3. The van der Waals surface area contributed by atoms with Crippen molar-refractivity contribution < 1.29 is 0 Å². The lowest BCUT2D eigenvalue weighted by Gasteiger charge is -2.27.